The normalized spacial score (nSPS) is 29.9. The van der Waals surface area contributed by atoms with Crippen LogP contribution in [0, 0.1) is 5.92 Å². The summed E-state index contributed by atoms with van der Waals surface area (Å²) in [6, 6.07) is 0.538. The van der Waals surface area contributed by atoms with Crippen molar-refractivity contribution >= 4 is 5.91 Å². The first kappa shape index (κ1) is 14.5. The summed E-state index contributed by atoms with van der Waals surface area (Å²) in [4.78, 5) is 14.0. The van der Waals surface area contributed by atoms with Crippen molar-refractivity contribution in [2.45, 2.75) is 52.1 Å². The summed E-state index contributed by atoms with van der Waals surface area (Å²) in [5.74, 6) is 0.533. The molecule has 1 heterocycles. The minimum absolute atomic E-state index is 0.259. The van der Waals surface area contributed by atoms with Gasteiger partial charge in [-0.1, -0.05) is 13.8 Å². The van der Waals surface area contributed by atoms with Gasteiger partial charge in [-0.25, -0.2) is 0 Å². The molecule has 0 bridgehead atoms. The van der Waals surface area contributed by atoms with Crippen LogP contribution in [0.15, 0.2) is 0 Å². The third-order valence-corrected chi connectivity index (χ3v) is 3.91. The Morgan fingerprint density at radius 3 is 2.65 bits per heavy atom. The Kier molecular flexibility index (Phi) is 4.95. The highest BCUT2D eigenvalue weighted by molar-refractivity contribution is 5.84. The number of nitrogens with two attached hydrogens (primary N) is 1. The third-order valence-electron chi connectivity index (χ3n) is 3.91. The molecule has 0 aromatic carbocycles. The van der Waals surface area contributed by atoms with Gasteiger partial charge in [0.05, 0.1) is 0 Å². The lowest BCUT2D eigenvalue weighted by Crippen LogP contribution is -2.61. The van der Waals surface area contributed by atoms with Gasteiger partial charge < -0.3 is 11.1 Å². The third kappa shape index (κ3) is 3.68. The first-order valence-corrected chi connectivity index (χ1v) is 6.68. The number of carbonyl (C=O) groups is 1. The van der Waals surface area contributed by atoms with E-state index < -0.39 is 5.54 Å². The van der Waals surface area contributed by atoms with Gasteiger partial charge in [-0.05, 0) is 45.7 Å². The Hall–Kier alpha value is -0.610. The maximum Gasteiger partial charge on any atom is 0.238 e. The Balaban J connectivity index is 2.64. The van der Waals surface area contributed by atoms with Crippen LogP contribution >= 0.6 is 0 Å². The first-order chi connectivity index (χ1) is 7.89. The van der Waals surface area contributed by atoms with E-state index in [4.69, 9.17) is 5.73 Å². The zero-order valence-corrected chi connectivity index (χ0v) is 11.6. The van der Waals surface area contributed by atoms with Crippen molar-refractivity contribution in [1.29, 1.82) is 0 Å². The minimum atomic E-state index is -0.608. The number of likely N-dealkylation sites (N-methyl/N-ethyl adjacent to an activating group) is 1. The molecule has 1 fully saturated rings. The minimum Gasteiger partial charge on any atom is -0.368 e. The molecule has 0 radical (unpaired) electrons. The fraction of sp³-hybridized carbons (Fsp3) is 0.923. The number of nitrogens with one attached hydrogen (secondary N) is 1. The van der Waals surface area contributed by atoms with E-state index in [1.807, 2.05) is 13.8 Å². The molecule has 4 heteroatoms. The lowest BCUT2D eigenvalue weighted by Gasteiger charge is -2.41. The first-order valence-electron chi connectivity index (χ1n) is 6.68. The number of piperidine rings is 1. The molecule has 1 saturated heterocycles. The largest absolute Gasteiger partial charge is 0.368 e. The highest BCUT2D eigenvalue weighted by atomic mass is 16.1. The second-order valence-electron chi connectivity index (χ2n) is 5.68. The molecule has 3 N–H and O–H groups in total. The van der Waals surface area contributed by atoms with Gasteiger partial charge in [-0.2, -0.15) is 0 Å². The Labute approximate surface area is 105 Å². The molecule has 1 amide bonds. The molecular weight excluding hydrogens is 214 g/mol. The average molecular weight is 241 g/mol. The highest BCUT2D eigenvalue weighted by Crippen LogP contribution is 2.23. The molecule has 0 aliphatic carbocycles. The van der Waals surface area contributed by atoms with Crippen molar-refractivity contribution in [3.05, 3.63) is 0 Å². The Morgan fingerprint density at radius 2 is 2.18 bits per heavy atom. The van der Waals surface area contributed by atoms with Crippen LogP contribution in [0.3, 0.4) is 0 Å². The lowest BCUT2D eigenvalue weighted by atomic mass is 9.91. The molecule has 17 heavy (non-hydrogen) atoms. The molecule has 1 aliphatic heterocycles. The van der Waals surface area contributed by atoms with E-state index in [2.05, 4.69) is 24.1 Å². The summed E-state index contributed by atoms with van der Waals surface area (Å²) in [5, 5.41) is 3.22. The average Bonchev–Trinajstić information content (AvgIpc) is 2.22. The van der Waals surface area contributed by atoms with Gasteiger partial charge >= 0.3 is 0 Å². The summed E-state index contributed by atoms with van der Waals surface area (Å²) in [5.41, 5.74) is 4.91. The fourth-order valence-electron chi connectivity index (χ4n) is 2.71. The van der Waals surface area contributed by atoms with E-state index in [1.165, 1.54) is 12.8 Å². The number of carbonyl (C=O) groups excluding carboxylic acids is 1. The van der Waals surface area contributed by atoms with Crippen molar-refractivity contribution in [3.63, 3.8) is 0 Å². The van der Waals surface area contributed by atoms with E-state index in [-0.39, 0.29) is 5.91 Å². The highest BCUT2D eigenvalue weighted by Gasteiger charge is 2.35. The molecular formula is C13H27N3O. The monoisotopic (exact) mass is 241 g/mol. The van der Waals surface area contributed by atoms with Gasteiger partial charge in [-0.3, -0.25) is 9.69 Å². The molecule has 4 nitrogen and oxygen atoms in total. The van der Waals surface area contributed by atoms with Crippen LogP contribution in [-0.4, -0.2) is 42.0 Å². The number of hydrogen-bond acceptors (Lipinski definition) is 3. The Morgan fingerprint density at radius 1 is 1.53 bits per heavy atom. The van der Waals surface area contributed by atoms with Crippen LogP contribution in [0.2, 0.25) is 0 Å². The fourth-order valence-corrected chi connectivity index (χ4v) is 2.71. The molecule has 3 unspecified atom stereocenters. The zero-order chi connectivity index (χ0) is 13.1. The molecule has 0 aromatic rings. The van der Waals surface area contributed by atoms with Gasteiger partial charge in [-0.15, -0.1) is 0 Å². The maximum atomic E-state index is 11.6. The van der Waals surface area contributed by atoms with E-state index in [1.54, 1.807) is 0 Å². The zero-order valence-electron chi connectivity index (χ0n) is 11.6. The summed E-state index contributed by atoms with van der Waals surface area (Å²) in [6.45, 7) is 11.0. The summed E-state index contributed by atoms with van der Waals surface area (Å²) in [7, 11) is 0. The number of rotatable bonds is 5. The van der Waals surface area contributed by atoms with Gasteiger partial charge in [0, 0.05) is 12.6 Å². The molecule has 0 aromatic heterocycles. The molecule has 0 saturated carbocycles. The molecule has 1 rings (SSSR count). The van der Waals surface area contributed by atoms with E-state index in [9.17, 15) is 4.79 Å². The molecule has 3 atom stereocenters. The van der Waals surface area contributed by atoms with Crippen molar-refractivity contribution < 1.29 is 4.79 Å². The van der Waals surface area contributed by atoms with Gasteiger partial charge in [0.1, 0.15) is 5.54 Å². The smallest absolute Gasteiger partial charge is 0.238 e. The van der Waals surface area contributed by atoms with Crippen molar-refractivity contribution in [3.8, 4) is 0 Å². The number of primary amides is 1. The van der Waals surface area contributed by atoms with Crippen LogP contribution in [-0.2, 0) is 4.79 Å². The lowest BCUT2D eigenvalue weighted by molar-refractivity contribution is -0.125. The quantitative estimate of drug-likeness (QED) is 0.754. The topological polar surface area (TPSA) is 58.4 Å². The van der Waals surface area contributed by atoms with Crippen LogP contribution in [0.5, 0.6) is 0 Å². The summed E-state index contributed by atoms with van der Waals surface area (Å²) in [6.07, 6.45) is 2.42. The predicted octanol–water partition coefficient (Wildman–Crippen LogP) is 0.960. The number of hydrogen-bond donors (Lipinski definition) is 2. The molecule has 100 valence electrons. The summed E-state index contributed by atoms with van der Waals surface area (Å²) < 4.78 is 0. The van der Waals surface area contributed by atoms with E-state index in [0.717, 1.165) is 19.0 Å². The number of nitrogens with zero attached hydrogens (tertiary/aromatic N) is 1. The summed E-state index contributed by atoms with van der Waals surface area (Å²) >= 11 is 0. The van der Waals surface area contributed by atoms with Crippen LogP contribution < -0.4 is 11.1 Å². The van der Waals surface area contributed by atoms with Crippen molar-refractivity contribution in [2.75, 3.05) is 19.6 Å². The second kappa shape index (κ2) is 5.83. The van der Waals surface area contributed by atoms with Crippen LogP contribution in [0.4, 0.5) is 0 Å². The standard InChI is InChI=1S/C13H27N3O/c1-5-15-13(4,12(14)17)9-16-7-6-10(2)8-11(16)3/h10-11,15H,5-9H2,1-4H3,(H2,14,17). The van der Waals surface area contributed by atoms with E-state index in [0.29, 0.717) is 12.6 Å². The van der Waals surface area contributed by atoms with Crippen LogP contribution in [0.25, 0.3) is 0 Å². The second-order valence-corrected chi connectivity index (χ2v) is 5.68. The number of likely N-dealkylation sites (tertiary alicyclic amines) is 1. The van der Waals surface area contributed by atoms with Gasteiger partial charge in [0.2, 0.25) is 5.91 Å². The molecule has 1 aliphatic rings. The molecule has 0 spiro atoms. The number of amides is 1. The SMILES string of the molecule is CCNC(C)(CN1CCC(C)CC1C)C(N)=O. The van der Waals surface area contributed by atoms with Crippen molar-refractivity contribution in [2.24, 2.45) is 11.7 Å². The van der Waals surface area contributed by atoms with Gasteiger partial charge in [0.15, 0.2) is 0 Å². The van der Waals surface area contributed by atoms with Gasteiger partial charge in [0.25, 0.3) is 0 Å². The van der Waals surface area contributed by atoms with Crippen molar-refractivity contribution in [1.82, 2.24) is 10.2 Å². The van der Waals surface area contributed by atoms with Crippen LogP contribution in [0.1, 0.15) is 40.5 Å². The Bertz CT molecular complexity index is 269. The predicted molar refractivity (Wildman–Crippen MR) is 70.7 cm³/mol. The maximum absolute atomic E-state index is 11.6. The van der Waals surface area contributed by atoms with E-state index >= 15 is 0 Å².